The molecule has 0 unspecified atom stereocenters. The van der Waals surface area contributed by atoms with Gasteiger partial charge in [0.15, 0.2) is 0 Å². The number of nitrogens with one attached hydrogen (secondary N) is 1. The van der Waals surface area contributed by atoms with Gasteiger partial charge in [0, 0.05) is 35.6 Å². The van der Waals surface area contributed by atoms with Crippen molar-refractivity contribution in [3.63, 3.8) is 0 Å². The van der Waals surface area contributed by atoms with E-state index in [2.05, 4.69) is 53.0 Å². The Labute approximate surface area is 125 Å². The average Bonchev–Trinajstić information content (AvgIpc) is 2.92. The van der Waals surface area contributed by atoms with Crippen LogP contribution in [0, 0.1) is 0 Å². The highest BCUT2D eigenvalue weighted by Crippen LogP contribution is 2.23. The number of nitrogens with zero attached hydrogens (tertiary/aromatic N) is 2. The van der Waals surface area contributed by atoms with E-state index in [0.717, 1.165) is 31.8 Å². The van der Waals surface area contributed by atoms with E-state index in [0.29, 0.717) is 0 Å². The van der Waals surface area contributed by atoms with Gasteiger partial charge in [0.1, 0.15) is 0 Å². The third kappa shape index (κ3) is 4.39. The molecular weight excluding hydrogens is 266 g/mol. The molecule has 0 bridgehead atoms. The van der Waals surface area contributed by atoms with E-state index >= 15 is 0 Å². The van der Waals surface area contributed by atoms with Gasteiger partial charge < -0.3 is 9.88 Å². The van der Waals surface area contributed by atoms with Crippen molar-refractivity contribution in [3.05, 3.63) is 48.0 Å². The highest BCUT2D eigenvalue weighted by Gasteiger charge is 2.02. The van der Waals surface area contributed by atoms with Gasteiger partial charge in [0.25, 0.3) is 0 Å². The summed E-state index contributed by atoms with van der Waals surface area (Å²) < 4.78 is 2.24. The molecule has 0 aliphatic heterocycles. The lowest BCUT2D eigenvalue weighted by atomic mass is 10.2. The molecule has 3 nitrogen and oxygen atoms in total. The monoisotopic (exact) mass is 289 g/mol. The van der Waals surface area contributed by atoms with Crippen LogP contribution in [0.3, 0.4) is 0 Å². The van der Waals surface area contributed by atoms with Crippen molar-refractivity contribution in [2.45, 2.75) is 44.0 Å². The molecule has 2 rings (SSSR count). The Kier molecular flexibility index (Phi) is 6.15. The number of hydrogen-bond donors (Lipinski definition) is 1. The first-order valence-corrected chi connectivity index (χ1v) is 8.23. The third-order valence-electron chi connectivity index (χ3n) is 3.15. The predicted molar refractivity (Wildman–Crippen MR) is 85.9 cm³/mol. The molecule has 0 radical (unpaired) electrons. The normalized spacial score (nSPS) is 10.9. The van der Waals surface area contributed by atoms with Crippen LogP contribution < -0.4 is 5.32 Å². The molecule has 0 saturated heterocycles. The lowest BCUT2D eigenvalue weighted by molar-refractivity contribution is 0.659. The zero-order valence-corrected chi connectivity index (χ0v) is 13.1. The van der Waals surface area contributed by atoms with Gasteiger partial charge in [-0.05, 0) is 30.7 Å². The molecule has 0 fully saturated rings. The third-order valence-corrected chi connectivity index (χ3v) is 4.20. The lowest BCUT2D eigenvalue weighted by Crippen LogP contribution is -2.11. The van der Waals surface area contributed by atoms with E-state index < -0.39 is 0 Å². The number of aromatic nitrogens is 2. The molecule has 2 aromatic rings. The summed E-state index contributed by atoms with van der Waals surface area (Å²) in [5.74, 6) is 0.979. The Morgan fingerprint density at radius 3 is 2.70 bits per heavy atom. The van der Waals surface area contributed by atoms with Gasteiger partial charge in [-0.25, -0.2) is 4.98 Å². The molecule has 0 aliphatic carbocycles. The van der Waals surface area contributed by atoms with Crippen LogP contribution in [-0.4, -0.2) is 16.1 Å². The maximum absolute atomic E-state index is 4.24. The second kappa shape index (κ2) is 8.12. The molecule has 0 spiro atoms. The maximum Gasteiger partial charge on any atom is 0.0948 e. The van der Waals surface area contributed by atoms with E-state index in [4.69, 9.17) is 0 Å². The van der Waals surface area contributed by atoms with Crippen LogP contribution in [0.1, 0.15) is 31.5 Å². The summed E-state index contributed by atoms with van der Waals surface area (Å²) in [5.41, 5.74) is 2.64. The quantitative estimate of drug-likeness (QED) is 0.752. The van der Waals surface area contributed by atoms with Crippen molar-refractivity contribution >= 4 is 11.8 Å². The molecule has 20 heavy (non-hydrogen) atoms. The average molecular weight is 289 g/mol. The van der Waals surface area contributed by atoms with Crippen LogP contribution in [0.5, 0.6) is 0 Å². The van der Waals surface area contributed by atoms with Crippen molar-refractivity contribution < 1.29 is 0 Å². The van der Waals surface area contributed by atoms with E-state index in [1.807, 2.05) is 24.3 Å². The van der Waals surface area contributed by atoms with Crippen molar-refractivity contribution in [1.29, 1.82) is 0 Å². The summed E-state index contributed by atoms with van der Waals surface area (Å²) >= 11 is 1.87. The smallest absolute Gasteiger partial charge is 0.0948 e. The fourth-order valence-electron chi connectivity index (χ4n) is 2.04. The minimum Gasteiger partial charge on any atom is -0.334 e. The fourth-order valence-corrected chi connectivity index (χ4v) is 2.92. The summed E-state index contributed by atoms with van der Waals surface area (Å²) in [6.07, 6.45) is 5.05. The first kappa shape index (κ1) is 15.1. The largest absolute Gasteiger partial charge is 0.334 e. The van der Waals surface area contributed by atoms with Gasteiger partial charge >= 0.3 is 0 Å². The second-order valence-corrected chi connectivity index (χ2v) is 5.84. The molecular formula is C16H23N3S. The Balaban J connectivity index is 1.88. The Morgan fingerprint density at radius 2 is 2.00 bits per heavy atom. The Bertz CT molecular complexity index is 505. The SMILES string of the molecule is CCCn1cncc1CSc1ccc(CNCC)cc1. The van der Waals surface area contributed by atoms with Gasteiger partial charge in [-0.2, -0.15) is 0 Å². The van der Waals surface area contributed by atoms with Crippen molar-refractivity contribution in [2.75, 3.05) is 6.54 Å². The zero-order valence-electron chi connectivity index (χ0n) is 12.3. The number of hydrogen-bond acceptors (Lipinski definition) is 3. The van der Waals surface area contributed by atoms with Crippen LogP contribution in [0.2, 0.25) is 0 Å². The molecule has 1 N–H and O–H groups in total. The molecule has 1 aromatic carbocycles. The van der Waals surface area contributed by atoms with Crippen molar-refractivity contribution in [3.8, 4) is 0 Å². The fraction of sp³-hybridized carbons (Fsp3) is 0.438. The minimum absolute atomic E-state index is 0.949. The van der Waals surface area contributed by atoms with Crippen LogP contribution in [0.15, 0.2) is 41.7 Å². The standard InChI is InChI=1S/C16H23N3S/c1-3-9-19-13-18-11-15(19)12-20-16-7-5-14(6-8-16)10-17-4-2/h5-8,11,13,17H,3-4,9-10,12H2,1-2H3. The van der Waals surface area contributed by atoms with Crippen molar-refractivity contribution in [1.82, 2.24) is 14.9 Å². The number of aryl methyl sites for hydroxylation is 1. The van der Waals surface area contributed by atoms with Crippen molar-refractivity contribution in [2.24, 2.45) is 0 Å². The molecule has 0 atom stereocenters. The second-order valence-electron chi connectivity index (χ2n) is 4.79. The summed E-state index contributed by atoms with van der Waals surface area (Å²) in [7, 11) is 0. The predicted octanol–water partition coefficient (Wildman–Crippen LogP) is 3.69. The molecule has 1 aromatic heterocycles. The molecule has 108 valence electrons. The highest BCUT2D eigenvalue weighted by atomic mass is 32.2. The van der Waals surface area contributed by atoms with Crippen LogP contribution in [0.4, 0.5) is 0 Å². The lowest BCUT2D eigenvalue weighted by Gasteiger charge is -2.07. The van der Waals surface area contributed by atoms with Gasteiger partial charge in [-0.3, -0.25) is 0 Å². The number of benzene rings is 1. The van der Waals surface area contributed by atoms with Crippen LogP contribution in [-0.2, 0) is 18.8 Å². The van der Waals surface area contributed by atoms with E-state index in [-0.39, 0.29) is 0 Å². The number of thioether (sulfide) groups is 1. The Hall–Kier alpha value is -1.26. The number of rotatable bonds is 8. The first-order chi connectivity index (χ1) is 9.83. The highest BCUT2D eigenvalue weighted by molar-refractivity contribution is 7.98. The van der Waals surface area contributed by atoms with Gasteiger partial charge in [-0.15, -0.1) is 11.8 Å². The summed E-state index contributed by atoms with van der Waals surface area (Å²) in [6, 6.07) is 8.82. The van der Waals surface area contributed by atoms with Gasteiger partial charge in [-0.1, -0.05) is 26.0 Å². The summed E-state index contributed by atoms with van der Waals surface area (Å²) in [4.78, 5) is 5.56. The van der Waals surface area contributed by atoms with E-state index in [1.54, 1.807) is 0 Å². The topological polar surface area (TPSA) is 29.9 Å². The number of imidazole rings is 1. The zero-order chi connectivity index (χ0) is 14.2. The molecule has 0 aliphatic rings. The minimum atomic E-state index is 0.949. The Morgan fingerprint density at radius 1 is 1.20 bits per heavy atom. The van der Waals surface area contributed by atoms with Crippen LogP contribution in [0.25, 0.3) is 0 Å². The van der Waals surface area contributed by atoms with E-state index in [1.165, 1.54) is 16.2 Å². The van der Waals surface area contributed by atoms with Crippen LogP contribution >= 0.6 is 11.8 Å². The molecule has 0 saturated carbocycles. The summed E-state index contributed by atoms with van der Waals surface area (Å²) in [6.45, 7) is 7.34. The van der Waals surface area contributed by atoms with Gasteiger partial charge in [0.05, 0.1) is 6.33 Å². The molecule has 0 amide bonds. The maximum atomic E-state index is 4.24. The summed E-state index contributed by atoms with van der Waals surface area (Å²) in [5, 5.41) is 3.34. The molecule has 4 heteroatoms. The first-order valence-electron chi connectivity index (χ1n) is 7.25. The van der Waals surface area contributed by atoms with E-state index in [9.17, 15) is 0 Å². The molecule has 1 heterocycles. The van der Waals surface area contributed by atoms with Gasteiger partial charge in [0.2, 0.25) is 0 Å².